The van der Waals surface area contributed by atoms with Crippen LogP contribution in [-0.2, 0) is 4.74 Å². The van der Waals surface area contributed by atoms with E-state index < -0.39 is 0 Å². The van der Waals surface area contributed by atoms with Crippen molar-refractivity contribution in [3.05, 3.63) is 36.0 Å². The second-order valence-electron chi connectivity index (χ2n) is 9.09. The molecule has 0 saturated carbocycles. The Morgan fingerprint density at radius 1 is 1.24 bits per heavy atom. The van der Waals surface area contributed by atoms with Crippen molar-refractivity contribution in [2.45, 2.75) is 38.5 Å². The number of fused-ring (bicyclic) bond motifs is 1. The Bertz CT molecular complexity index is 921. The second kappa shape index (κ2) is 7.91. The van der Waals surface area contributed by atoms with Crippen LogP contribution in [0.3, 0.4) is 0 Å². The first-order valence-electron chi connectivity index (χ1n) is 10.5. The Labute approximate surface area is 173 Å². The highest BCUT2D eigenvalue weighted by Gasteiger charge is 2.34. The highest BCUT2D eigenvalue weighted by molar-refractivity contribution is 5.95. The van der Waals surface area contributed by atoms with Gasteiger partial charge in [0.15, 0.2) is 0 Å². The fourth-order valence-electron chi connectivity index (χ4n) is 4.65. The summed E-state index contributed by atoms with van der Waals surface area (Å²) in [6, 6.07) is 10.2. The number of nitriles is 1. The lowest BCUT2D eigenvalue weighted by atomic mass is 9.99. The van der Waals surface area contributed by atoms with Gasteiger partial charge in [0.05, 0.1) is 23.3 Å². The van der Waals surface area contributed by atoms with Crippen LogP contribution in [-0.4, -0.2) is 78.8 Å². The Hall–Kier alpha value is -2.20. The molecule has 0 bridgehead atoms. The molecule has 2 aliphatic heterocycles. The second-order valence-corrected chi connectivity index (χ2v) is 9.09. The standard InChI is InChI=1S/C23H31N5O/c1-17-13-28(21-8-7-18(12-24)22-20(21)6-5-9-25-22)15-19(29-17)14-27-11-10-26(4)23(2,3)16-27/h5-9,17,19H,10-11,13-16H2,1-4H3/t17-,19-/m1/s1. The van der Waals surface area contributed by atoms with E-state index in [0.717, 1.165) is 55.9 Å². The van der Waals surface area contributed by atoms with Crippen LogP contribution in [0.1, 0.15) is 26.3 Å². The van der Waals surface area contributed by atoms with Crippen molar-refractivity contribution >= 4 is 16.6 Å². The predicted octanol–water partition coefficient (Wildman–Crippen LogP) is 2.73. The zero-order chi connectivity index (χ0) is 20.6. The fourth-order valence-corrected chi connectivity index (χ4v) is 4.65. The maximum atomic E-state index is 9.43. The first-order chi connectivity index (χ1) is 13.9. The number of hydrogen-bond acceptors (Lipinski definition) is 6. The first kappa shape index (κ1) is 20.1. The molecule has 4 rings (SSSR count). The summed E-state index contributed by atoms with van der Waals surface area (Å²) in [5.41, 5.74) is 2.74. The molecular formula is C23H31N5O. The van der Waals surface area contributed by atoms with Crippen molar-refractivity contribution in [2.24, 2.45) is 0 Å². The third kappa shape index (κ3) is 4.09. The third-order valence-corrected chi connectivity index (χ3v) is 6.39. The summed E-state index contributed by atoms with van der Waals surface area (Å²) in [4.78, 5) is 11.9. The topological polar surface area (TPSA) is 55.6 Å². The third-order valence-electron chi connectivity index (χ3n) is 6.39. The molecule has 29 heavy (non-hydrogen) atoms. The van der Waals surface area contributed by atoms with E-state index in [4.69, 9.17) is 4.74 Å². The minimum absolute atomic E-state index is 0.164. The van der Waals surface area contributed by atoms with Crippen LogP contribution in [0.25, 0.3) is 10.9 Å². The smallest absolute Gasteiger partial charge is 0.101 e. The van der Waals surface area contributed by atoms with Gasteiger partial charge in [-0.25, -0.2) is 0 Å². The number of morpholine rings is 1. The minimum atomic E-state index is 0.164. The molecule has 1 aromatic carbocycles. The maximum absolute atomic E-state index is 9.43. The fraction of sp³-hybridized carbons (Fsp3) is 0.565. The molecule has 2 aliphatic rings. The molecule has 0 N–H and O–H groups in total. The zero-order valence-corrected chi connectivity index (χ0v) is 17.9. The summed E-state index contributed by atoms with van der Waals surface area (Å²) in [6.07, 6.45) is 2.09. The summed E-state index contributed by atoms with van der Waals surface area (Å²) in [6.45, 7) is 12.6. The number of rotatable bonds is 3. The van der Waals surface area contributed by atoms with Crippen LogP contribution in [0.15, 0.2) is 30.5 Å². The molecule has 6 nitrogen and oxygen atoms in total. The van der Waals surface area contributed by atoms with Crippen LogP contribution < -0.4 is 4.90 Å². The van der Waals surface area contributed by atoms with Crippen LogP contribution in [0.4, 0.5) is 5.69 Å². The Balaban J connectivity index is 1.54. The summed E-state index contributed by atoms with van der Waals surface area (Å²) in [5.74, 6) is 0. The molecule has 2 aromatic rings. The van der Waals surface area contributed by atoms with Gasteiger partial charge >= 0.3 is 0 Å². The minimum Gasteiger partial charge on any atom is -0.370 e. The first-order valence-corrected chi connectivity index (χ1v) is 10.5. The average molecular weight is 394 g/mol. The molecule has 154 valence electrons. The molecule has 0 amide bonds. The normalized spacial score (nSPS) is 25.8. The van der Waals surface area contributed by atoms with Crippen molar-refractivity contribution in [3.8, 4) is 6.07 Å². The SMILES string of the molecule is C[C@@H]1CN(c2ccc(C#N)c3ncccc23)C[C@@H](CN2CCN(C)C(C)(C)C2)O1. The monoisotopic (exact) mass is 393 g/mol. The van der Waals surface area contributed by atoms with Crippen LogP contribution in [0.2, 0.25) is 0 Å². The van der Waals surface area contributed by atoms with Gasteiger partial charge in [0.25, 0.3) is 0 Å². The van der Waals surface area contributed by atoms with Gasteiger partial charge in [-0.3, -0.25) is 14.8 Å². The van der Waals surface area contributed by atoms with E-state index in [-0.39, 0.29) is 17.7 Å². The average Bonchev–Trinajstić information content (AvgIpc) is 2.69. The van der Waals surface area contributed by atoms with Crippen molar-refractivity contribution in [3.63, 3.8) is 0 Å². The number of ether oxygens (including phenoxy) is 1. The van der Waals surface area contributed by atoms with E-state index in [1.165, 1.54) is 0 Å². The predicted molar refractivity (Wildman–Crippen MR) is 116 cm³/mol. The van der Waals surface area contributed by atoms with Gasteiger partial charge in [-0.2, -0.15) is 5.26 Å². The van der Waals surface area contributed by atoms with Crippen molar-refractivity contribution in [2.75, 3.05) is 51.2 Å². The van der Waals surface area contributed by atoms with Gasteiger partial charge < -0.3 is 9.64 Å². The van der Waals surface area contributed by atoms with Gasteiger partial charge in [-0.15, -0.1) is 0 Å². The van der Waals surface area contributed by atoms with Crippen LogP contribution >= 0.6 is 0 Å². The number of nitrogens with zero attached hydrogens (tertiary/aromatic N) is 5. The molecule has 2 saturated heterocycles. The van der Waals surface area contributed by atoms with E-state index in [2.05, 4.69) is 65.7 Å². The summed E-state index contributed by atoms with van der Waals surface area (Å²) >= 11 is 0. The lowest BCUT2D eigenvalue weighted by molar-refractivity contribution is -0.0494. The summed E-state index contributed by atoms with van der Waals surface area (Å²) in [7, 11) is 2.21. The molecule has 0 aliphatic carbocycles. The molecule has 0 spiro atoms. The number of piperazine rings is 1. The Kier molecular flexibility index (Phi) is 5.48. The van der Waals surface area contributed by atoms with E-state index in [1.807, 2.05) is 12.1 Å². The van der Waals surface area contributed by atoms with Gasteiger partial charge in [-0.05, 0) is 52.1 Å². The number of benzene rings is 1. The number of aromatic nitrogens is 1. The van der Waals surface area contributed by atoms with E-state index >= 15 is 0 Å². The highest BCUT2D eigenvalue weighted by atomic mass is 16.5. The molecule has 0 radical (unpaired) electrons. The quantitative estimate of drug-likeness (QED) is 0.799. The van der Waals surface area contributed by atoms with E-state index in [1.54, 1.807) is 6.20 Å². The van der Waals surface area contributed by atoms with Crippen LogP contribution in [0, 0.1) is 11.3 Å². The van der Waals surface area contributed by atoms with Gasteiger partial charge in [-0.1, -0.05) is 0 Å². The van der Waals surface area contributed by atoms with Gasteiger partial charge in [0, 0.05) is 62.1 Å². The van der Waals surface area contributed by atoms with Crippen molar-refractivity contribution in [1.82, 2.24) is 14.8 Å². The van der Waals surface area contributed by atoms with E-state index in [9.17, 15) is 5.26 Å². The number of anilines is 1. The Morgan fingerprint density at radius 3 is 2.83 bits per heavy atom. The van der Waals surface area contributed by atoms with Crippen LogP contribution in [0.5, 0.6) is 0 Å². The van der Waals surface area contributed by atoms with Gasteiger partial charge in [0.2, 0.25) is 0 Å². The number of pyridine rings is 1. The molecule has 2 atom stereocenters. The van der Waals surface area contributed by atoms with Gasteiger partial charge in [0.1, 0.15) is 6.07 Å². The van der Waals surface area contributed by atoms with Crippen molar-refractivity contribution < 1.29 is 4.74 Å². The number of hydrogen-bond donors (Lipinski definition) is 0. The largest absolute Gasteiger partial charge is 0.370 e. The number of likely N-dealkylation sites (N-methyl/N-ethyl adjacent to an activating group) is 1. The molecule has 3 heterocycles. The maximum Gasteiger partial charge on any atom is 0.101 e. The lowest BCUT2D eigenvalue weighted by Gasteiger charge is -2.47. The lowest BCUT2D eigenvalue weighted by Crippen LogP contribution is -2.60. The summed E-state index contributed by atoms with van der Waals surface area (Å²) in [5, 5.41) is 10.5. The molecule has 2 fully saturated rings. The molecule has 6 heteroatoms. The highest BCUT2D eigenvalue weighted by Crippen LogP contribution is 2.30. The molecule has 0 unspecified atom stereocenters. The Morgan fingerprint density at radius 2 is 2.07 bits per heavy atom. The summed E-state index contributed by atoms with van der Waals surface area (Å²) < 4.78 is 6.33. The molecule has 1 aromatic heterocycles. The van der Waals surface area contributed by atoms with E-state index in [0.29, 0.717) is 5.56 Å². The molecular weight excluding hydrogens is 362 g/mol. The van der Waals surface area contributed by atoms with Crippen molar-refractivity contribution in [1.29, 1.82) is 5.26 Å². The zero-order valence-electron chi connectivity index (χ0n) is 17.9.